The first-order chi connectivity index (χ1) is 8.52. The third-order valence-corrected chi connectivity index (χ3v) is 2.65. The van der Waals surface area contributed by atoms with E-state index in [2.05, 4.69) is 0 Å². The summed E-state index contributed by atoms with van der Waals surface area (Å²) in [6.45, 7) is 0.0246. The number of aromatic nitrogens is 1. The maximum atomic E-state index is 12.8. The Bertz CT molecular complexity index is 557. The number of benzene rings is 1. The Balaban J connectivity index is 2.38. The topological polar surface area (TPSA) is 22.0 Å². The fourth-order valence-corrected chi connectivity index (χ4v) is 1.80. The maximum Gasteiger partial charge on any atom is 0.416 e. The number of hydrogen-bond donors (Lipinski definition) is 0. The molecule has 1 aromatic carbocycles. The first kappa shape index (κ1) is 12.4. The van der Waals surface area contributed by atoms with Gasteiger partial charge in [0.05, 0.1) is 11.3 Å². The summed E-state index contributed by atoms with van der Waals surface area (Å²) in [6.07, 6.45) is -2.18. The van der Waals surface area contributed by atoms with E-state index >= 15 is 0 Å². The Hall–Kier alpha value is -2.04. The summed E-state index contributed by atoms with van der Waals surface area (Å²) in [5.41, 5.74) is -0.174. The first-order valence-electron chi connectivity index (χ1n) is 5.28. The second kappa shape index (κ2) is 4.68. The molecule has 2 nitrogen and oxygen atoms in total. The molecule has 0 saturated heterocycles. The second-order valence-corrected chi connectivity index (χ2v) is 3.83. The quantitative estimate of drug-likeness (QED) is 0.769. The number of aldehydes is 1. The molecule has 5 heteroatoms. The fraction of sp³-hybridized carbons (Fsp3) is 0.154. The standard InChI is InChI=1S/C13H10F3NO/c14-13(15,16)12-6-2-1-4-10(12)8-17-7-3-5-11(17)9-18/h1-7,9H,8H2. The lowest BCUT2D eigenvalue weighted by Crippen LogP contribution is -2.12. The Morgan fingerprint density at radius 3 is 2.50 bits per heavy atom. The highest BCUT2D eigenvalue weighted by Gasteiger charge is 2.32. The molecular weight excluding hydrogens is 243 g/mol. The molecule has 0 amide bonds. The van der Waals surface area contributed by atoms with E-state index < -0.39 is 11.7 Å². The first-order valence-corrected chi connectivity index (χ1v) is 5.28. The van der Waals surface area contributed by atoms with Gasteiger partial charge in [-0.1, -0.05) is 18.2 Å². The van der Waals surface area contributed by atoms with E-state index in [0.717, 1.165) is 6.07 Å². The van der Waals surface area contributed by atoms with Crippen molar-refractivity contribution in [3.8, 4) is 0 Å². The minimum absolute atomic E-state index is 0.0246. The number of alkyl halides is 3. The van der Waals surface area contributed by atoms with Crippen molar-refractivity contribution in [3.05, 3.63) is 59.4 Å². The van der Waals surface area contributed by atoms with Crippen LogP contribution >= 0.6 is 0 Å². The Morgan fingerprint density at radius 1 is 1.11 bits per heavy atom. The molecule has 2 aromatic rings. The summed E-state index contributed by atoms with van der Waals surface area (Å²) in [5, 5.41) is 0. The van der Waals surface area contributed by atoms with Crippen molar-refractivity contribution < 1.29 is 18.0 Å². The minimum Gasteiger partial charge on any atom is -0.341 e. The third kappa shape index (κ3) is 2.45. The van der Waals surface area contributed by atoms with E-state index in [1.807, 2.05) is 0 Å². The van der Waals surface area contributed by atoms with Crippen LogP contribution in [0, 0.1) is 0 Å². The van der Waals surface area contributed by atoms with Gasteiger partial charge in [0.25, 0.3) is 0 Å². The van der Waals surface area contributed by atoms with Crippen LogP contribution in [0.15, 0.2) is 42.6 Å². The van der Waals surface area contributed by atoms with Crippen molar-refractivity contribution in [1.29, 1.82) is 0 Å². The van der Waals surface area contributed by atoms with Gasteiger partial charge >= 0.3 is 6.18 Å². The van der Waals surface area contributed by atoms with Crippen LogP contribution < -0.4 is 0 Å². The molecule has 1 heterocycles. The molecule has 1 aromatic heterocycles. The molecule has 18 heavy (non-hydrogen) atoms. The van der Waals surface area contributed by atoms with E-state index in [-0.39, 0.29) is 12.1 Å². The predicted octanol–water partition coefficient (Wildman–Crippen LogP) is 3.37. The lowest BCUT2D eigenvalue weighted by atomic mass is 10.1. The van der Waals surface area contributed by atoms with Crippen LogP contribution in [0.1, 0.15) is 21.6 Å². The van der Waals surface area contributed by atoms with Gasteiger partial charge in [0, 0.05) is 12.7 Å². The highest BCUT2D eigenvalue weighted by molar-refractivity contribution is 5.72. The maximum absolute atomic E-state index is 12.8. The number of carbonyl (C=O) groups excluding carboxylic acids is 1. The third-order valence-electron chi connectivity index (χ3n) is 2.65. The van der Waals surface area contributed by atoms with Crippen molar-refractivity contribution in [1.82, 2.24) is 4.57 Å². The Morgan fingerprint density at radius 2 is 1.83 bits per heavy atom. The smallest absolute Gasteiger partial charge is 0.341 e. The lowest BCUT2D eigenvalue weighted by molar-refractivity contribution is -0.138. The van der Waals surface area contributed by atoms with Gasteiger partial charge in [-0.15, -0.1) is 0 Å². The average molecular weight is 253 g/mol. The van der Waals surface area contributed by atoms with Crippen molar-refractivity contribution in [3.63, 3.8) is 0 Å². The number of carbonyl (C=O) groups is 1. The summed E-state index contributed by atoms with van der Waals surface area (Å²) in [7, 11) is 0. The fourth-order valence-electron chi connectivity index (χ4n) is 1.80. The van der Waals surface area contributed by atoms with Crippen molar-refractivity contribution in [2.24, 2.45) is 0 Å². The van der Waals surface area contributed by atoms with E-state index in [1.165, 1.54) is 16.7 Å². The molecule has 0 atom stereocenters. The summed E-state index contributed by atoms with van der Waals surface area (Å²) < 4.78 is 39.8. The van der Waals surface area contributed by atoms with Crippen molar-refractivity contribution >= 4 is 6.29 Å². The molecule has 0 radical (unpaired) electrons. The zero-order chi connectivity index (χ0) is 13.2. The molecule has 0 fully saturated rings. The zero-order valence-corrected chi connectivity index (χ0v) is 9.32. The van der Waals surface area contributed by atoms with Crippen molar-refractivity contribution in [2.45, 2.75) is 12.7 Å². The summed E-state index contributed by atoms with van der Waals surface area (Å²) in [4.78, 5) is 10.7. The van der Waals surface area contributed by atoms with Gasteiger partial charge in [-0.2, -0.15) is 13.2 Å². The minimum atomic E-state index is -4.38. The average Bonchev–Trinajstić information content (AvgIpc) is 2.75. The van der Waals surface area contributed by atoms with Crippen LogP contribution in [0.25, 0.3) is 0 Å². The van der Waals surface area contributed by atoms with E-state index in [0.29, 0.717) is 12.0 Å². The highest BCUT2D eigenvalue weighted by atomic mass is 19.4. The largest absolute Gasteiger partial charge is 0.416 e. The van der Waals surface area contributed by atoms with E-state index in [4.69, 9.17) is 0 Å². The van der Waals surface area contributed by atoms with Crippen LogP contribution in [0.5, 0.6) is 0 Å². The van der Waals surface area contributed by atoms with Crippen LogP contribution in [0.2, 0.25) is 0 Å². The monoisotopic (exact) mass is 253 g/mol. The molecule has 0 saturated carbocycles. The number of rotatable bonds is 3. The summed E-state index contributed by atoms with van der Waals surface area (Å²) >= 11 is 0. The molecule has 0 aliphatic rings. The number of halogens is 3. The number of nitrogens with zero attached hydrogens (tertiary/aromatic N) is 1. The molecule has 0 aliphatic heterocycles. The molecule has 94 valence electrons. The van der Waals surface area contributed by atoms with Crippen LogP contribution in [0.4, 0.5) is 13.2 Å². The van der Waals surface area contributed by atoms with Gasteiger partial charge in [0.2, 0.25) is 0 Å². The predicted molar refractivity (Wildman–Crippen MR) is 60.4 cm³/mol. The normalized spacial score (nSPS) is 11.5. The molecule has 0 unspecified atom stereocenters. The van der Waals surface area contributed by atoms with Gasteiger partial charge in [-0.05, 0) is 23.8 Å². The molecule has 0 spiro atoms. The Kier molecular flexibility index (Phi) is 3.23. The van der Waals surface area contributed by atoms with Gasteiger partial charge in [0.1, 0.15) is 0 Å². The summed E-state index contributed by atoms with van der Waals surface area (Å²) in [6, 6.07) is 8.54. The SMILES string of the molecule is O=Cc1cccn1Cc1ccccc1C(F)(F)F. The van der Waals surface area contributed by atoms with E-state index in [1.54, 1.807) is 24.4 Å². The number of hydrogen-bond acceptors (Lipinski definition) is 1. The second-order valence-electron chi connectivity index (χ2n) is 3.83. The van der Waals surface area contributed by atoms with Crippen LogP contribution in [-0.2, 0) is 12.7 Å². The molecule has 0 N–H and O–H groups in total. The molecule has 0 bridgehead atoms. The molecular formula is C13H10F3NO. The zero-order valence-electron chi connectivity index (χ0n) is 9.32. The van der Waals surface area contributed by atoms with Crippen molar-refractivity contribution in [2.75, 3.05) is 0 Å². The Labute approximate surface area is 102 Å². The highest BCUT2D eigenvalue weighted by Crippen LogP contribution is 2.32. The molecule has 2 rings (SSSR count). The van der Waals surface area contributed by atoms with Gasteiger partial charge in [-0.25, -0.2) is 0 Å². The summed E-state index contributed by atoms with van der Waals surface area (Å²) in [5.74, 6) is 0. The van der Waals surface area contributed by atoms with Gasteiger partial charge < -0.3 is 4.57 Å². The van der Waals surface area contributed by atoms with Gasteiger partial charge in [-0.3, -0.25) is 4.79 Å². The van der Waals surface area contributed by atoms with Gasteiger partial charge in [0.15, 0.2) is 6.29 Å². The lowest BCUT2D eigenvalue weighted by Gasteiger charge is -2.13. The van der Waals surface area contributed by atoms with E-state index in [9.17, 15) is 18.0 Å². The molecule has 0 aliphatic carbocycles. The van der Waals surface area contributed by atoms with Crippen LogP contribution in [-0.4, -0.2) is 10.9 Å². The van der Waals surface area contributed by atoms with Crippen LogP contribution in [0.3, 0.4) is 0 Å².